The lowest BCUT2D eigenvalue weighted by atomic mass is 10.0. The van der Waals surface area contributed by atoms with E-state index in [2.05, 4.69) is 5.32 Å². The molecular formula is C14H12FNO. The highest BCUT2D eigenvalue weighted by Gasteiger charge is 2.08. The number of likely N-dealkylation sites (N-methyl/N-ethyl adjacent to an activating group) is 1. The number of rotatable bonds is 2. The molecule has 1 aromatic rings. The molecule has 0 saturated carbocycles. The SMILES string of the molecule is CNC1=CC(=Cc2ccc(F)cc2)C=CC1=O. The van der Waals surface area contributed by atoms with E-state index in [9.17, 15) is 9.18 Å². The zero-order valence-corrected chi connectivity index (χ0v) is 9.41. The Labute approximate surface area is 99.2 Å². The number of halogens is 1. The van der Waals surface area contributed by atoms with Gasteiger partial charge < -0.3 is 5.32 Å². The van der Waals surface area contributed by atoms with Crippen molar-refractivity contribution in [2.75, 3.05) is 7.05 Å². The summed E-state index contributed by atoms with van der Waals surface area (Å²) in [5, 5.41) is 2.84. The van der Waals surface area contributed by atoms with Crippen LogP contribution in [0.1, 0.15) is 5.56 Å². The third-order valence-corrected chi connectivity index (χ3v) is 2.48. The maximum atomic E-state index is 12.7. The molecule has 0 aromatic heterocycles. The monoisotopic (exact) mass is 229 g/mol. The third-order valence-electron chi connectivity index (χ3n) is 2.48. The molecule has 1 aliphatic carbocycles. The van der Waals surface area contributed by atoms with Crippen LogP contribution in [0.4, 0.5) is 4.39 Å². The molecule has 0 bridgehead atoms. The Morgan fingerprint density at radius 3 is 2.53 bits per heavy atom. The summed E-state index contributed by atoms with van der Waals surface area (Å²) < 4.78 is 12.7. The highest BCUT2D eigenvalue weighted by atomic mass is 19.1. The van der Waals surface area contributed by atoms with E-state index in [4.69, 9.17) is 0 Å². The normalized spacial score (nSPS) is 17.2. The van der Waals surface area contributed by atoms with Gasteiger partial charge in [-0.25, -0.2) is 4.39 Å². The fourth-order valence-electron chi connectivity index (χ4n) is 1.58. The molecule has 0 atom stereocenters. The molecule has 1 aromatic carbocycles. The van der Waals surface area contributed by atoms with Crippen LogP contribution in [0.2, 0.25) is 0 Å². The third kappa shape index (κ3) is 2.69. The van der Waals surface area contributed by atoms with Crippen LogP contribution in [0.3, 0.4) is 0 Å². The van der Waals surface area contributed by atoms with Crippen LogP contribution < -0.4 is 5.32 Å². The first-order valence-corrected chi connectivity index (χ1v) is 5.28. The molecule has 0 spiro atoms. The Kier molecular flexibility index (Phi) is 3.19. The summed E-state index contributed by atoms with van der Waals surface area (Å²) >= 11 is 0. The number of allylic oxidation sites excluding steroid dienone is 4. The van der Waals surface area contributed by atoms with E-state index in [1.165, 1.54) is 18.2 Å². The van der Waals surface area contributed by atoms with Gasteiger partial charge in [-0.3, -0.25) is 4.79 Å². The first-order valence-electron chi connectivity index (χ1n) is 5.28. The van der Waals surface area contributed by atoms with Gasteiger partial charge in [0.05, 0.1) is 5.70 Å². The summed E-state index contributed by atoms with van der Waals surface area (Å²) in [6.07, 6.45) is 6.92. The molecule has 0 unspecified atom stereocenters. The molecule has 86 valence electrons. The van der Waals surface area contributed by atoms with Crippen molar-refractivity contribution in [1.82, 2.24) is 5.32 Å². The van der Waals surface area contributed by atoms with Crippen molar-refractivity contribution < 1.29 is 9.18 Å². The van der Waals surface area contributed by atoms with E-state index in [0.29, 0.717) is 5.70 Å². The van der Waals surface area contributed by atoms with Gasteiger partial charge >= 0.3 is 0 Å². The minimum absolute atomic E-state index is 0.0382. The van der Waals surface area contributed by atoms with E-state index in [1.807, 2.05) is 6.08 Å². The first-order chi connectivity index (χ1) is 8.19. The lowest BCUT2D eigenvalue weighted by Crippen LogP contribution is -2.16. The smallest absolute Gasteiger partial charge is 0.201 e. The van der Waals surface area contributed by atoms with Crippen molar-refractivity contribution in [3.05, 3.63) is 65.1 Å². The second kappa shape index (κ2) is 4.78. The molecule has 0 saturated heterocycles. The zero-order valence-electron chi connectivity index (χ0n) is 9.41. The molecule has 2 nitrogen and oxygen atoms in total. The second-order valence-corrected chi connectivity index (χ2v) is 3.70. The van der Waals surface area contributed by atoms with Gasteiger partial charge in [0.2, 0.25) is 5.78 Å². The number of nitrogens with one attached hydrogen (secondary N) is 1. The number of ketones is 1. The Morgan fingerprint density at radius 1 is 1.18 bits per heavy atom. The molecule has 1 N–H and O–H groups in total. The van der Waals surface area contributed by atoms with Gasteiger partial charge in [-0.2, -0.15) is 0 Å². The molecule has 1 aliphatic rings. The predicted octanol–water partition coefficient (Wildman–Crippen LogP) is 2.45. The van der Waals surface area contributed by atoms with Crippen LogP contribution in [0.5, 0.6) is 0 Å². The summed E-state index contributed by atoms with van der Waals surface area (Å²) in [6.45, 7) is 0. The summed E-state index contributed by atoms with van der Waals surface area (Å²) in [4.78, 5) is 11.4. The van der Waals surface area contributed by atoms with Crippen LogP contribution >= 0.6 is 0 Å². The fraction of sp³-hybridized carbons (Fsp3) is 0.0714. The van der Waals surface area contributed by atoms with Crippen molar-refractivity contribution in [2.45, 2.75) is 0 Å². The quantitative estimate of drug-likeness (QED) is 0.844. The van der Waals surface area contributed by atoms with Gasteiger partial charge in [-0.15, -0.1) is 0 Å². The van der Waals surface area contributed by atoms with Crippen LogP contribution in [0.25, 0.3) is 6.08 Å². The molecule has 3 heteroatoms. The van der Waals surface area contributed by atoms with Gasteiger partial charge in [-0.1, -0.05) is 18.2 Å². The van der Waals surface area contributed by atoms with Gasteiger partial charge in [0.25, 0.3) is 0 Å². The maximum Gasteiger partial charge on any atom is 0.201 e. The molecule has 0 fully saturated rings. The molecule has 17 heavy (non-hydrogen) atoms. The number of benzene rings is 1. The van der Waals surface area contributed by atoms with Crippen LogP contribution in [-0.4, -0.2) is 12.8 Å². The summed E-state index contributed by atoms with van der Waals surface area (Å²) in [5.74, 6) is -0.295. The predicted molar refractivity (Wildman–Crippen MR) is 65.7 cm³/mol. The van der Waals surface area contributed by atoms with Gasteiger partial charge in [0, 0.05) is 7.05 Å². The van der Waals surface area contributed by atoms with Crippen LogP contribution in [-0.2, 0) is 4.79 Å². The summed E-state index contributed by atoms with van der Waals surface area (Å²) in [5.41, 5.74) is 2.36. The molecule has 0 aliphatic heterocycles. The van der Waals surface area contributed by atoms with E-state index in [1.54, 1.807) is 31.3 Å². The highest BCUT2D eigenvalue weighted by molar-refractivity contribution is 6.06. The van der Waals surface area contributed by atoms with Gasteiger partial charge in [0.15, 0.2) is 0 Å². The van der Waals surface area contributed by atoms with Crippen molar-refractivity contribution in [3.63, 3.8) is 0 Å². The van der Waals surface area contributed by atoms with Crippen molar-refractivity contribution in [1.29, 1.82) is 0 Å². The Morgan fingerprint density at radius 2 is 1.88 bits per heavy atom. The van der Waals surface area contributed by atoms with Crippen molar-refractivity contribution >= 4 is 11.9 Å². The Hall–Kier alpha value is -2.16. The maximum absolute atomic E-state index is 12.7. The van der Waals surface area contributed by atoms with E-state index in [-0.39, 0.29) is 11.6 Å². The Bertz CT molecular complexity index is 524. The van der Waals surface area contributed by atoms with E-state index in [0.717, 1.165) is 11.1 Å². The molecule has 0 radical (unpaired) electrons. The topological polar surface area (TPSA) is 29.1 Å². The lowest BCUT2D eigenvalue weighted by Gasteiger charge is -2.08. The van der Waals surface area contributed by atoms with Crippen LogP contribution in [0, 0.1) is 5.82 Å². The highest BCUT2D eigenvalue weighted by Crippen LogP contribution is 2.15. The van der Waals surface area contributed by atoms with Crippen LogP contribution in [0.15, 0.2) is 53.8 Å². The molecule has 0 amide bonds. The number of carbonyl (C=O) groups is 1. The zero-order chi connectivity index (χ0) is 12.3. The summed E-state index contributed by atoms with van der Waals surface area (Å²) in [6, 6.07) is 6.21. The van der Waals surface area contributed by atoms with Gasteiger partial charge in [0.1, 0.15) is 5.82 Å². The van der Waals surface area contributed by atoms with E-state index < -0.39 is 0 Å². The summed E-state index contributed by atoms with van der Waals surface area (Å²) in [7, 11) is 1.71. The minimum atomic E-state index is -0.257. The standard InChI is InChI=1S/C14H12FNO/c1-16-13-9-11(4-7-14(13)17)8-10-2-5-12(15)6-3-10/h2-9,16H,1H3. The average Bonchev–Trinajstić information content (AvgIpc) is 2.34. The molecule has 0 heterocycles. The average molecular weight is 229 g/mol. The second-order valence-electron chi connectivity index (χ2n) is 3.70. The first kappa shape index (κ1) is 11.3. The van der Waals surface area contributed by atoms with Crippen molar-refractivity contribution in [3.8, 4) is 0 Å². The number of hydrogen-bond donors (Lipinski definition) is 1. The Balaban J connectivity index is 2.29. The number of carbonyl (C=O) groups excluding carboxylic acids is 1. The van der Waals surface area contributed by atoms with Gasteiger partial charge in [-0.05, 0) is 41.5 Å². The minimum Gasteiger partial charge on any atom is -0.385 e. The number of hydrogen-bond acceptors (Lipinski definition) is 2. The lowest BCUT2D eigenvalue weighted by molar-refractivity contribution is -0.111. The fourth-order valence-corrected chi connectivity index (χ4v) is 1.58. The molecular weight excluding hydrogens is 217 g/mol. The largest absolute Gasteiger partial charge is 0.385 e. The van der Waals surface area contributed by atoms with E-state index >= 15 is 0 Å². The molecule has 2 rings (SSSR count). The van der Waals surface area contributed by atoms with Crippen molar-refractivity contribution in [2.24, 2.45) is 0 Å².